The van der Waals surface area contributed by atoms with E-state index in [1.165, 1.54) is 35.7 Å². The number of nitrogens with zero attached hydrogens (tertiary/aromatic N) is 3. The van der Waals surface area contributed by atoms with Crippen LogP contribution in [-0.4, -0.2) is 46.5 Å². The molecule has 5 rings (SSSR count). The number of nitrogens with one attached hydrogen (secondary N) is 1. The number of H-pyrrole nitrogens is 1. The molecular weight excluding hydrogens is 408 g/mol. The summed E-state index contributed by atoms with van der Waals surface area (Å²) in [5.74, 6) is 1.83. The van der Waals surface area contributed by atoms with Crippen LogP contribution in [0.3, 0.4) is 0 Å². The van der Waals surface area contributed by atoms with Crippen LogP contribution in [0.1, 0.15) is 63.4 Å². The highest BCUT2D eigenvalue weighted by Crippen LogP contribution is 2.34. The van der Waals surface area contributed by atoms with Crippen molar-refractivity contribution in [3.8, 4) is 0 Å². The molecule has 1 aliphatic heterocycles. The molecule has 3 aromatic rings. The van der Waals surface area contributed by atoms with Crippen molar-refractivity contribution in [1.29, 1.82) is 0 Å². The predicted octanol–water partition coefficient (Wildman–Crippen LogP) is 5.74. The highest BCUT2D eigenvalue weighted by atomic mass is 16.2. The number of carbonyl (C=O) groups is 1. The van der Waals surface area contributed by atoms with Gasteiger partial charge in [-0.15, -0.1) is 0 Å². The summed E-state index contributed by atoms with van der Waals surface area (Å²) in [5.41, 5.74) is 2.71. The molecule has 2 aromatic heterocycles. The van der Waals surface area contributed by atoms with Crippen LogP contribution >= 0.6 is 0 Å². The van der Waals surface area contributed by atoms with E-state index in [1.807, 2.05) is 29.3 Å². The van der Waals surface area contributed by atoms with Crippen LogP contribution in [0.15, 0.2) is 54.9 Å². The molecule has 174 valence electrons. The van der Waals surface area contributed by atoms with Gasteiger partial charge in [0.25, 0.3) is 0 Å². The van der Waals surface area contributed by atoms with Crippen molar-refractivity contribution < 1.29 is 4.79 Å². The summed E-state index contributed by atoms with van der Waals surface area (Å²) in [4.78, 5) is 26.0. The lowest BCUT2D eigenvalue weighted by atomic mass is 9.87. The Balaban J connectivity index is 1.25. The maximum atomic E-state index is 13.5. The number of hydrogen-bond acceptors (Lipinski definition) is 3. The third-order valence-corrected chi connectivity index (χ3v) is 7.81. The maximum absolute atomic E-state index is 13.5. The topological polar surface area (TPSA) is 52.2 Å². The van der Waals surface area contributed by atoms with E-state index in [2.05, 4.69) is 46.1 Å². The first kappa shape index (κ1) is 22.1. The normalized spacial score (nSPS) is 19.5. The van der Waals surface area contributed by atoms with Gasteiger partial charge in [-0.25, -0.2) is 4.98 Å². The van der Waals surface area contributed by atoms with Gasteiger partial charge in [-0.3, -0.25) is 14.6 Å². The van der Waals surface area contributed by atoms with E-state index in [4.69, 9.17) is 0 Å². The molecule has 5 heteroatoms. The highest BCUT2D eigenvalue weighted by Gasteiger charge is 2.31. The van der Waals surface area contributed by atoms with Crippen molar-refractivity contribution in [3.05, 3.63) is 60.4 Å². The molecule has 0 bridgehead atoms. The first-order valence-electron chi connectivity index (χ1n) is 12.7. The third-order valence-electron chi connectivity index (χ3n) is 7.81. The van der Waals surface area contributed by atoms with Crippen molar-refractivity contribution in [2.45, 2.75) is 63.8 Å². The van der Waals surface area contributed by atoms with Gasteiger partial charge in [0.05, 0.1) is 0 Å². The predicted molar refractivity (Wildman–Crippen MR) is 134 cm³/mol. The lowest BCUT2D eigenvalue weighted by Crippen LogP contribution is -2.49. The van der Waals surface area contributed by atoms with Crippen LogP contribution in [0.4, 0.5) is 5.82 Å². The number of amides is 1. The average molecular weight is 445 g/mol. The summed E-state index contributed by atoms with van der Waals surface area (Å²) in [6.45, 7) is 5.13. The Hall–Kier alpha value is -2.66. The number of likely N-dealkylation sites (tertiary alicyclic amines) is 1. The first-order valence-corrected chi connectivity index (χ1v) is 12.7. The minimum atomic E-state index is 0.153. The van der Waals surface area contributed by atoms with Crippen LogP contribution in [0.2, 0.25) is 0 Å². The Bertz CT molecular complexity index is 1050. The summed E-state index contributed by atoms with van der Waals surface area (Å²) in [6.07, 6.45) is 11.8. The number of aromatic nitrogens is 2. The van der Waals surface area contributed by atoms with Gasteiger partial charge in [-0.05, 0) is 81.4 Å². The maximum Gasteiger partial charge on any atom is 0.231 e. The second kappa shape index (κ2) is 10.1. The van der Waals surface area contributed by atoms with Gasteiger partial charge in [0.1, 0.15) is 5.82 Å². The molecule has 3 heterocycles. The average Bonchev–Trinajstić information content (AvgIpc) is 3.37. The number of pyridine rings is 1. The van der Waals surface area contributed by atoms with Crippen molar-refractivity contribution >= 4 is 22.6 Å². The zero-order valence-electron chi connectivity index (χ0n) is 19.7. The molecule has 33 heavy (non-hydrogen) atoms. The molecule has 0 spiro atoms. The highest BCUT2D eigenvalue weighted by molar-refractivity contribution is 5.94. The second-order valence-corrected chi connectivity index (χ2v) is 9.92. The standard InChI is InChI=1S/C28H36N4O/c1-21(20-32(27-12-5-6-16-30-27)28(33)23-8-3-2-4-9-23)31-18-14-22(15-19-31)24-10-7-11-26-25(24)13-17-29-26/h5-7,10-13,16-17,21-23,29H,2-4,8-9,14-15,18-20H2,1H3/t21-/m1/s1. The van der Waals surface area contributed by atoms with E-state index in [9.17, 15) is 4.79 Å². The van der Waals surface area contributed by atoms with E-state index in [0.29, 0.717) is 18.5 Å². The number of anilines is 1. The number of carbonyl (C=O) groups excluding carboxylic acids is 1. The fraction of sp³-hybridized carbons (Fsp3) is 0.500. The number of aromatic amines is 1. The monoisotopic (exact) mass is 444 g/mol. The van der Waals surface area contributed by atoms with Gasteiger partial charge >= 0.3 is 0 Å². The second-order valence-electron chi connectivity index (χ2n) is 9.92. The van der Waals surface area contributed by atoms with Crippen LogP contribution in [-0.2, 0) is 4.79 Å². The molecule has 1 saturated carbocycles. The molecule has 5 nitrogen and oxygen atoms in total. The molecule has 0 unspecified atom stereocenters. The van der Waals surface area contributed by atoms with Crippen LogP contribution < -0.4 is 4.90 Å². The van der Waals surface area contributed by atoms with Gasteiger partial charge in [-0.2, -0.15) is 0 Å². The Morgan fingerprint density at radius 1 is 1.06 bits per heavy atom. The van der Waals surface area contributed by atoms with E-state index in [-0.39, 0.29) is 11.8 Å². The zero-order chi connectivity index (χ0) is 22.6. The molecule has 0 radical (unpaired) electrons. The Labute approximate surface area is 197 Å². The largest absolute Gasteiger partial charge is 0.361 e. The van der Waals surface area contributed by atoms with E-state index >= 15 is 0 Å². The number of fused-ring (bicyclic) bond motifs is 1. The number of benzene rings is 1. The first-order chi connectivity index (χ1) is 16.2. The SMILES string of the molecule is C[C@H](CN(C(=O)C1CCCCC1)c1ccccn1)N1CCC(c2cccc3[nH]ccc23)CC1. The number of rotatable bonds is 6. The Morgan fingerprint density at radius 3 is 2.64 bits per heavy atom. The molecule has 1 amide bonds. The van der Waals surface area contributed by atoms with Gasteiger partial charge in [0.2, 0.25) is 5.91 Å². The van der Waals surface area contributed by atoms with Crippen molar-refractivity contribution in [2.75, 3.05) is 24.5 Å². The minimum Gasteiger partial charge on any atom is -0.361 e. The molecule has 1 aromatic carbocycles. The molecule has 1 atom stereocenters. The summed E-state index contributed by atoms with van der Waals surface area (Å²) >= 11 is 0. The van der Waals surface area contributed by atoms with Crippen LogP contribution in [0, 0.1) is 5.92 Å². The van der Waals surface area contributed by atoms with Crippen molar-refractivity contribution in [1.82, 2.24) is 14.9 Å². The van der Waals surface area contributed by atoms with Gasteiger partial charge in [0.15, 0.2) is 0 Å². The molecule has 2 aliphatic rings. The Kier molecular flexibility index (Phi) is 6.77. The lowest BCUT2D eigenvalue weighted by Gasteiger charge is -2.39. The number of hydrogen-bond donors (Lipinski definition) is 1. The molecule has 2 fully saturated rings. The van der Waals surface area contributed by atoms with E-state index in [1.54, 1.807) is 6.20 Å². The number of piperidine rings is 1. The summed E-state index contributed by atoms with van der Waals surface area (Å²) < 4.78 is 0. The molecule has 1 N–H and O–H groups in total. The lowest BCUT2D eigenvalue weighted by molar-refractivity contribution is -0.123. The van der Waals surface area contributed by atoms with Gasteiger partial charge in [-0.1, -0.05) is 37.5 Å². The van der Waals surface area contributed by atoms with E-state index in [0.717, 1.165) is 44.6 Å². The molecule has 1 saturated heterocycles. The minimum absolute atomic E-state index is 0.153. The van der Waals surface area contributed by atoms with Crippen molar-refractivity contribution in [2.24, 2.45) is 5.92 Å². The van der Waals surface area contributed by atoms with Gasteiger partial charge in [0, 0.05) is 41.8 Å². The van der Waals surface area contributed by atoms with Crippen LogP contribution in [0.5, 0.6) is 0 Å². The smallest absolute Gasteiger partial charge is 0.231 e. The summed E-state index contributed by atoms with van der Waals surface area (Å²) in [6, 6.07) is 15.0. The quantitative estimate of drug-likeness (QED) is 0.527. The zero-order valence-corrected chi connectivity index (χ0v) is 19.7. The summed E-state index contributed by atoms with van der Waals surface area (Å²) in [7, 11) is 0. The molecule has 1 aliphatic carbocycles. The molecular formula is C28H36N4O. The van der Waals surface area contributed by atoms with Crippen LogP contribution in [0.25, 0.3) is 10.9 Å². The Morgan fingerprint density at radius 2 is 1.88 bits per heavy atom. The third kappa shape index (κ3) is 4.84. The summed E-state index contributed by atoms with van der Waals surface area (Å²) in [5, 5.41) is 1.36. The van der Waals surface area contributed by atoms with E-state index < -0.39 is 0 Å². The van der Waals surface area contributed by atoms with Crippen molar-refractivity contribution in [3.63, 3.8) is 0 Å². The van der Waals surface area contributed by atoms with Gasteiger partial charge < -0.3 is 4.98 Å². The fourth-order valence-electron chi connectivity index (χ4n) is 5.88. The fourth-order valence-corrected chi connectivity index (χ4v) is 5.88.